The monoisotopic (exact) mass is 484 g/mol. The van der Waals surface area contributed by atoms with Crippen molar-refractivity contribution >= 4 is 40.0 Å². The topological polar surface area (TPSA) is 91.8 Å². The zero-order valence-corrected chi connectivity index (χ0v) is 18.4. The average molecular weight is 484 g/mol. The van der Waals surface area contributed by atoms with E-state index in [1.54, 1.807) is 27.1 Å². The predicted molar refractivity (Wildman–Crippen MR) is 112 cm³/mol. The standard InChI is InChI=1S/C16H28N4O3S.HI/c1-13-6-7-14(2)15(12-13)24(21,22)20-10-9-19-16(17-3)18-8-5-11-23-4;/h6-7,12,20H,5,8-11H2,1-4H3,(H2,17,18,19);1H. The largest absolute Gasteiger partial charge is 0.385 e. The second kappa shape index (κ2) is 12.4. The van der Waals surface area contributed by atoms with Gasteiger partial charge in [-0.3, -0.25) is 4.99 Å². The SMILES string of the molecule is CN=C(NCCCOC)NCCNS(=O)(=O)c1cc(C)ccc1C.I. The van der Waals surface area contributed by atoms with Crippen molar-refractivity contribution in [3.63, 3.8) is 0 Å². The summed E-state index contributed by atoms with van der Waals surface area (Å²) >= 11 is 0. The van der Waals surface area contributed by atoms with E-state index in [4.69, 9.17) is 4.74 Å². The molecule has 25 heavy (non-hydrogen) atoms. The van der Waals surface area contributed by atoms with E-state index in [-0.39, 0.29) is 30.5 Å². The van der Waals surface area contributed by atoms with Crippen LogP contribution in [0.4, 0.5) is 0 Å². The number of nitrogens with one attached hydrogen (secondary N) is 3. The molecule has 144 valence electrons. The molecule has 0 aromatic heterocycles. The number of aryl methyl sites for hydroxylation is 2. The van der Waals surface area contributed by atoms with E-state index in [0.717, 1.165) is 24.1 Å². The quantitative estimate of drug-likeness (QED) is 0.213. The number of guanidine groups is 1. The Hall–Kier alpha value is -0.910. The third-order valence-electron chi connectivity index (χ3n) is 3.38. The van der Waals surface area contributed by atoms with E-state index in [1.165, 1.54) is 0 Å². The molecular weight excluding hydrogens is 455 g/mol. The number of sulfonamides is 1. The minimum atomic E-state index is -3.51. The Bertz CT molecular complexity index is 651. The first-order chi connectivity index (χ1) is 11.4. The molecule has 0 fully saturated rings. The molecule has 0 radical (unpaired) electrons. The van der Waals surface area contributed by atoms with Crippen molar-refractivity contribution < 1.29 is 13.2 Å². The van der Waals surface area contributed by atoms with Gasteiger partial charge in [0.15, 0.2) is 5.96 Å². The number of ether oxygens (including phenoxy) is 1. The molecule has 0 unspecified atom stereocenters. The van der Waals surface area contributed by atoms with E-state index in [0.29, 0.717) is 24.0 Å². The first-order valence-electron chi connectivity index (χ1n) is 7.91. The van der Waals surface area contributed by atoms with Crippen LogP contribution in [-0.2, 0) is 14.8 Å². The molecule has 7 nitrogen and oxygen atoms in total. The Morgan fingerprint density at radius 3 is 2.48 bits per heavy atom. The summed E-state index contributed by atoms with van der Waals surface area (Å²) in [5.41, 5.74) is 1.65. The van der Waals surface area contributed by atoms with E-state index < -0.39 is 10.0 Å². The summed E-state index contributed by atoms with van der Waals surface area (Å²) in [6, 6.07) is 5.39. The summed E-state index contributed by atoms with van der Waals surface area (Å²) in [7, 11) is -0.175. The van der Waals surface area contributed by atoms with Crippen LogP contribution in [0.3, 0.4) is 0 Å². The van der Waals surface area contributed by atoms with Crippen LogP contribution in [0.25, 0.3) is 0 Å². The van der Waals surface area contributed by atoms with Crippen LogP contribution in [0.2, 0.25) is 0 Å². The minimum absolute atomic E-state index is 0. The number of nitrogens with zero attached hydrogens (tertiary/aromatic N) is 1. The molecule has 1 aromatic carbocycles. The van der Waals surface area contributed by atoms with Gasteiger partial charge < -0.3 is 15.4 Å². The number of hydrogen-bond donors (Lipinski definition) is 3. The molecule has 0 aliphatic carbocycles. The minimum Gasteiger partial charge on any atom is -0.385 e. The van der Waals surface area contributed by atoms with E-state index in [2.05, 4.69) is 20.3 Å². The van der Waals surface area contributed by atoms with Crippen molar-refractivity contribution in [2.75, 3.05) is 40.4 Å². The lowest BCUT2D eigenvalue weighted by Crippen LogP contribution is -2.42. The van der Waals surface area contributed by atoms with Crippen LogP contribution < -0.4 is 15.4 Å². The van der Waals surface area contributed by atoms with Gasteiger partial charge in [0.25, 0.3) is 0 Å². The lowest BCUT2D eigenvalue weighted by molar-refractivity contribution is 0.195. The Labute approximate surface area is 168 Å². The van der Waals surface area contributed by atoms with Crippen LogP contribution in [0.15, 0.2) is 28.1 Å². The highest BCUT2D eigenvalue weighted by Gasteiger charge is 2.16. The molecule has 9 heteroatoms. The zero-order valence-electron chi connectivity index (χ0n) is 15.3. The fraction of sp³-hybridized carbons (Fsp3) is 0.562. The highest BCUT2D eigenvalue weighted by molar-refractivity contribution is 14.0. The van der Waals surface area contributed by atoms with Gasteiger partial charge in [0, 0.05) is 40.4 Å². The van der Waals surface area contributed by atoms with Gasteiger partial charge >= 0.3 is 0 Å². The van der Waals surface area contributed by atoms with Gasteiger partial charge in [-0.1, -0.05) is 12.1 Å². The van der Waals surface area contributed by atoms with Crippen LogP contribution in [0.1, 0.15) is 17.5 Å². The average Bonchev–Trinajstić information content (AvgIpc) is 2.55. The summed E-state index contributed by atoms with van der Waals surface area (Å²) in [5.74, 6) is 0.636. The molecule has 1 aromatic rings. The van der Waals surface area contributed by atoms with Crippen molar-refractivity contribution in [2.24, 2.45) is 4.99 Å². The van der Waals surface area contributed by atoms with Gasteiger partial charge in [-0.2, -0.15) is 0 Å². The number of hydrogen-bond acceptors (Lipinski definition) is 4. The smallest absolute Gasteiger partial charge is 0.240 e. The molecule has 0 heterocycles. The molecule has 0 saturated heterocycles. The zero-order chi connectivity index (χ0) is 18.0. The Kier molecular flexibility index (Phi) is 12.0. The van der Waals surface area contributed by atoms with Gasteiger partial charge in [0.1, 0.15) is 0 Å². The molecule has 0 aliphatic rings. The normalized spacial score (nSPS) is 11.8. The van der Waals surface area contributed by atoms with Crippen LogP contribution in [-0.4, -0.2) is 54.8 Å². The van der Waals surface area contributed by atoms with E-state index in [1.807, 2.05) is 19.1 Å². The summed E-state index contributed by atoms with van der Waals surface area (Å²) in [6.45, 7) is 5.79. The van der Waals surface area contributed by atoms with Crippen LogP contribution >= 0.6 is 24.0 Å². The molecule has 1 rings (SSSR count). The Morgan fingerprint density at radius 2 is 1.84 bits per heavy atom. The first kappa shape index (κ1) is 24.1. The highest BCUT2D eigenvalue weighted by Crippen LogP contribution is 2.16. The summed E-state index contributed by atoms with van der Waals surface area (Å²) < 4.78 is 32.3. The lowest BCUT2D eigenvalue weighted by Gasteiger charge is -2.13. The predicted octanol–water partition coefficient (Wildman–Crippen LogP) is 1.40. The summed E-state index contributed by atoms with van der Waals surface area (Å²) in [6.07, 6.45) is 0.871. The molecule has 0 aliphatic heterocycles. The maximum atomic E-state index is 12.4. The van der Waals surface area contributed by atoms with Gasteiger partial charge in [-0.25, -0.2) is 13.1 Å². The Balaban J connectivity index is 0.00000576. The molecule has 0 saturated carbocycles. The molecule has 0 atom stereocenters. The van der Waals surface area contributed by atoms with Crippen molar-refractivity contribution in [3.05, 3.63) is 29.3 Å². The van der Waals surface area contributed by atoms with Crippen molar-refractivity contribution in [1.82, 2.24) is 15.4 Å². The molecule has 0 bridgehead atoms. The second-order valence-electron chi connectivity index (χ2n) is 5.44. The number of rotatable bonds is 9. The Morgan fingerprint density at radius 1 is 1.16 bits per heavy atom. The van der Waals surface area contributed by atoms with Crippen molar-refractivity contribution in [2.45, 2.75) is 25.2 Å². The fourth-order valence-corrected chi connectivity index (χ4v) is 3.44. The highest BCUT2D eigenvalue weighted by atomic mass is 127. The number of benzene rings is 1. The van der Waals surface area contributed by atoms with Gasteiger partial charge in [-0.05, 0) is 37.5 Å². The van der Waals surface area contributed by atoms with Gasteiger partial charge in [0.2, 0.25) is 10.0 Å². The number of halogens is 1. The fourth-order valence-electron chi connectivity index (χ4n) is 2.08. The number of methoxy groups -OCH3 is 1. The van der Waals surface area contributed by atoms with Crippen LogP contribution in [0.5, 0.6) is 0 Å². The van der Waals surface area contributed by atoms with Crippen molar-refractivity contribution in [3.8, 4) is 0 Å². The van der Waals surface area contributed by atoms with Gasteiger partial charge in [0.05, 0.1) is 4.90 Å². The maximum absolute atomic E-state index is 12.4. The third kappa shape index (κ3) is 8.84. The van der Waals surface area contributed by atoms with Crippen molar-refractivity contribution in [1.29, 1.82) is 0 Å². The molecule has 0 amide bonds. The number of aliphatic imine (C=N–C) groups is 1. The third-order valence-corrected chi connectivity index (χ3v) is 4.99. The van der Waals surface area contributed by atoms with Gasteiger partial charge in [-0.15, -0.1) is 24.0 Å². The summed E-state index contributed by atoms with van der Waals surface area (Å²) in [5, 5.41) is 6.20. The maximum Gasteiger partial charge on any atom is 0.240 e. The summed E-state index contributed by atoms with van der Waals surface area (Å²) in [4.78, 5) is 4.40. The van der Waals surface area contributed by atoms with Crippen LogP contribution in [0, 0.1) is 13.8 Å². The molecule has 0 spiro atoms. The molecule has 3 N–H and O–H groups in total. The lowest BCUT2D eigenvalue weighted by atomic mass is 10.2. The van der Waals surface area contributed by atoms with E-state index in [9.17, 15) is 8.42 Å². The van der Waals surface area contributed by atoms with E-state index >= 15 is 0 Å². The molecular formula is C16H29IN4O3S. The second-order valence-corrected chi connectivity index (χ2v) is 7.17. The first-order valence-corrected chi connectivity index (χ1v) is 9.39.